The van der Waals surface area contributed by atoms with Crippen LogP contribution in [-0.4, -0.2) is 10.2 Å². The van der Waals surface area contributed by atoms with Crippen molar-refractivity contribution in [1.82, 2.24) is 0 Å². The first kappa shape index (κ1) is 23.3. The lowest BCUT2D eigenvalue weighted by Crippen LogP contribution is -1.90. The van der Waals surface area contributed by atoms with Crippen molar-refractivity contribution in [2.75, 3.05) is 0 Å². The Kier molecular flexibility index (Phi) is 5.58. The van der Waals surface area contributed by atoms with Gasteiger partial charge in [0.15, 0.2) is 0 Å². The van der Waals surface area contributed by atoms with Gasteiger partial charge in [-0.2, -0.15) is 0 Å². The van der Waals surface area contributed by atoms with Gasteiger partial charge in [0.1, 0.15) is 11.5 Å². The van der Waals surface area contributed by atoms with E-state index in [0.29, 0.717) is 0 Å². The molecule has 6 rings (SSSR count). The summed E-state index contributed by atoms with van der Waals surface area (Å²) in [5.41, 5.74) is 6.86. The van der Waals surface area contributed by atoms with E-state index in [1.165, 1.54) is 0 Å². The summed E-state index contributed by atoms with van der Waals surface area (Å²) in [4.78, 5) is 0. The van der Waals surface area contributed by atoms with Gasteiger partial charge < -0.3 is 10.2 Å². The van der Waals surface area contributed by atoms with Crippen LogP contribution in [0.3, 0.4) is 0 Å². The molecule has 2 N–H and O–H groups in total. The van der Waals surface area contributed by atoms with E-state index >= 15 is 0 Å². The molecule has 0 heterocycles. The molecule has 0 atom stereocenters. The molecule has 0 aliphatic rings. The van der Waals surface area contributed by atoms with E-state index in [-0.39, 0.29) is 11.5 Å². The third-order valence-electron chi connectivity index (χ3n) is 7.31. The van der Waals surface area contributed by atoms with Gasteiger partial charge in [0.05, 0.1) is 0 Å². The van der Waals surface area contributed by atoms with Crippen molar-refractivity contribution in [3.05, 3.63) is 127 Å². The van der Waals surface area contributed by atoms with Crippen LogP contribution in [-0.2, 0) is 0 Å². The number of benzene rings is 6. The Hall–Kier alpha value is -5.08. The monoisotopic (exact) mass is 490 g/mol. The molecule has 0 fully saturated rings. The Bertz CT molecular complexity index is 1940. The zero-order chi connectivity index (χ0) is 26.4. The highest BCUT2D eigenvalue weighted by atomic mass is 16.3. The first-order chi connectivity index (χ1) is 18.5. The fraction of sp³-hybridized carbons (Fsp3) is 0. The highest BCUT2D eigenvalue weighted by Gasteiger charge is 2.14. The fourth-order valence-corrected chi connectivity index (χ4v) is 5.44. The molecule has 0 bridgehead atoms. The summed E-state index contributed by atoms with van der Waals surface area (Å²) in [5.74, 6) is 0.385. The molecule has 0 saturated carbocycles. The molecule has 38 heavy (non-hydrogen) atoms. The molecule has 6 aromatic rings. The van der Waals surface area contributed by atoms with Gasteiger partial charge in [-0.3, -0.25) is 0 Å². The van der Waals surface area contributed by atoms with Crippen molar-refractivity contribution in [3.63, 3.8) is 0 Å². The van der Waals surface area contributed by atoms with E-state index in [1.807, 2.05) is 42.5 Å². The van der Waals surface area contributed by atoms with E-state index in [9.17, 15) is 10.2 Å². The van der Waals surface area contributed by atoms with Crippen molar-refractivity contribution < 1.29 is 10.2 Å². The van der Waals surface area contributed by atoms with Crippen molar-refractivity contribution >= 4 is 50.5 Å². The molecule has 0 saturated heterocycles. The van der Waals surface area contributed by atoms with Crippen LogP contribution >= 0.6 is 0 Å². The molecule has 182 valence electrons. The number of hydrogen-bond acceptors (Lipinski definition) is 2. The zero-order valence-corrected chi connectivity index (χ0v) is 20.9. The molecular weight excluding hydrogens is 464 g/mol. The van der Waals surface area contributed by atoms with E-state index in [0.717, 1.165) is 71.3 Å². The van der Waals surface area contributed by atoms with Crippen LogP contribution in [0.1, 0.15) is 16.7 Å². The highest BCUT2D eigenvalue weighted by Crippen LogP contribution is 2.41. The summed E-state index contributed by atoms with van der Waals surface area (Å²) in [6.45, 7) is 12.1. The van der Waals surface area contributed by atoms with Gasteiger partial charge in [-0.05, 0) is 114 Å². The second-order valence-electron chi connectivity index (χ2n) is 9.49. The molecule has 2 heteroatoms. The second kappa shape index (κ2) is 9.10. The Balaban J connectivity index is 1.62. The minimum atomic E-state index is 0.176. The number of hydrogen-bond donors (Lipinski definition) is 2. The van der Waals surface area contributed by atoms with Crippen LogP contribution < -0.4 is 0 Å². The SMILES string of the molecule is C=Cc1cc2c(-c3cc(C=C)c4cccc(O)c4c3)cc(O)cc2cc1-c1ccc2cccc(C=C)c2c1. The number of phenolic OH excluding ortho intramolecular Hbond substituents is 2. The second-order valence-corrected chi connectivity index (χ2v) is 9.49. The predicted molar refractivity (Wildman–Crippen MR) is 163 cm³/mol. The molecule has 0 aromatic heterocycles. The van der Waals surface area contributed by atoms with Crippen LogP contribution in [0.25, 0.3) is 72.8 Å². The minimum Gasteiger partial charge on any atom is -0.508 e. The van der Waals surface area contributed by atoms with Crippen LogP contribution in [0.2, 0.25) is 0 Å². The quantitative estimate of drug-likeness (QED) is 0.252. The average molecular weight is 491 g/mol. The largest absolute Gasteiger partial charge is 0.508 e. The van der Waals surface area contributed by atoms with Gasteiger partial charge in [0.2, 0.25) is 0 Å². The van der Waals surface area contributed by atoms with Gasteiger partial charge in [0, 0.05) is 5.39 Å². The Labute approximate surface area is 221 Å². The lowest BCUT2D eigenvalue weighted by molar-refractivity contribution is 0.476. The minimum absolute atomic E-state index is 0.176. The van der Waals surface area contributed by atoms with Crippen molar-refractivity contribution in [1.29, 1.82) is 0 Å². The molecule has 0 unspecified atom stereocenters. The summed E-state index contributed by atoms with van der Waals surface area (Å²) in [7, 11) is 0. The molecule has 0 amide bonds. The van der Waals surface area contributed by atoms with Crippen LogP contribution in [0.4, 0.5) is 0 Å². The van der Waals surface area contributed by atoms with Crippen LogP contribution in [0.5, 0.6) is 11.5 Å². The van der Waals surface area contributed by atoms with Crippen LogP contribution in [0.15, 0.2) is 111 Å². The molecule has 6 aromatic carbocycles. The summed E-state index contributed by atoms with van der Waals surface area (Å²) in [6.07, 6.45) is 5.54. The first-order valence-corrected chi connectivity index (χ1v) is 12.5. The van der Waals surface area contributed by atoms with E-state index in [4.69, 9.17) is 0 Å². The van der Waals surface area contributed by atoms with Gasteiger partial charge in [0.25, 0.3) is 0 Å². The molecule has 2 nitrogen and oxygen atoms in total. The molecule has 0 radical (unpaired) electrons. The average Bonchev–Trinajstić information content (AvgIpc) is 2.95. The highest BCUT2D eigenvalue weighted by molar-refractivity contribution is 6.06. The number of aromatic hydroxyl groups is 2. The van der Waals surface area contributed by atoms with Crippen molar-refractivity contribution in [3.8, 4) is 33.8 Å². The Morgan fingerprint density at radius 1 is 0.474 bits per heavy atom. The smallest absolute Gasteiger partial charge is 0.123 e. The van der Waals surface area contributed by atoms with E-state index < -0.39 is 0 Å². The van der Waals surface area contributed by atoms with Gasteiger partial charge in [-0.25, -0.2) is 0 Å². The standard InChI is InChI=1S/C36H26O2/c1-4-22-9-7-10-25-13-14-26(18-31(22)25)32-19-28-16-29(37)21-34(33(28)17-24(32)6-3)27-15-23(5-2)30-11-8-12-36(38)35(30)20-27/h4-21,37-38H,1-3H2. The van der Waals surface area contributed by atoms with Crippen molar-refractivity contribution in [2.45, 2.75) is 0 Å². The van der Waals surface area contributed by atoms with Crippen LogP contribution in [0, 0.1) is 0 Å². The number of rotatable bonds is 5. The predicted octanol–water partition coefficient (Wildman–Crippen LogP) is 9.82. The van der Waals surface area contributed by atoms with E-state index in [2.05, 4.69) is 62.2 Å². The third-order valence-corrected chi connectivity index (χ3v) is 7.31. The fourth-order valence-electron chi connectivity index (χ4n) is 5.44. The number of phenols is 2. The summed E-state index contributed by atoms with van der Waals surface area (Å²) >= 11 is 0. The lowest BCUT2D eigenvalue weighted by Gasteiger charge is -2.15. The summed E-state index contributed by atoms with van der Waals surface area (Å²) in [6, 6.07) is 29.9. The Morgan fingerprint density at radius 3 is 2.03 bits per heavy atom. The third kappa shape index (κ3) is 3.75. The normalized spacial score (nSPS) is 11.2. The zero-order valence-electron chi connectivity index (χ0n) is 20.9. The van der Waals surface area contributed by atoms with Gasteiger partial charge in [-0.1, -0.05) is 80.4 Å². The topological polar surface area (TPSA) is 40.5 Å². The first-order valence-electron chi connectivity index (χ1n) is 12.5. The molecule has 0 aliphatic heterocycles. The van der Waals surface area contributed by atoms with E-state index in [1.54, 1.807) is 24.3 Å². The number of fused-ring (bicyclic) bond motifs is 3. The van der Waals surface area contributed by atoms with Gasteiger partial charge >= 0.3 is 0 Å². The lowest BCUT2D eigenvalue weighted by atomic mass is 9.89. The van der Waals surface area contributed by atoms with Gasteiger partial charge in [-0.15, -0.1) is 0 Å². The molecular formula is C36H26O2. The Morgan fingerprint density at radius 2 is 1.24 bits per heavy atom. The maximum atomic E-state index is 10.8. The maximum Gasteiger partial charge on any atom is 0.123 e. The summed E-state index contributed by atoms with van der Waals surface area (Å²) < 4.78 is 0. The molecule has 0 aliphatic carbocycles. The van der Waals surface area contributed by atoms with Crippen molar-refractivity contribution in [2.24, 2.45) is 0 Å². The maximum absolute atomic E-state index is 10.8. The summed E-state index contributed by atoms with van der Waals surface area (Å²) in [5, 5.41) is 27.2. The molecule has 0 spiro atoms.